The molecule has 0 atom stereocenters. The maximum absolute atomic E-state index is 12.0. The SMILES string of the molecule is COc1ccccc1CCNc1ccc(S(C)(=O)=O)cc1S(C)(=O)=O. The molecule has 0 aliphatic heterocycles. The molecule has 0 radical (unpaired) electrons. The number of sulfone groups is 2. The van der Waals surface area contributed by atoms with Crippen molar-refractivity contribution in [2.45, 2.75) is 16.2 Å². The Hall–Kier alpha value is -2.06. The highest BCUT2D eigenvalue weighted by molar-refractivity contribution is 7.91. The number of hydrogen-bond donors (Lipinski definition) is 1. The minimum absolute atomic E-state index is 0.0248. The fourth-order valence-corrected chi connectivity index (χ4v) is 4.03. The molecule has 0 heterocycles. The van der Waals surface area contributed by atoms with Crippen LogP contribution in [-0.4, -0.2) is 43.0 Å². The van der Waals surface area contributed by atoms with Crippen molar-refractivity contribution >= 4 is 25.4 Å². The Bertz CT molecular complexity index is 966. The van der Waals surface area contributed by atoms with Crippen molar-refractivity contribution in [3.05, 3.63) is 48.0 Å². The van der Waals surface area contributed by atoms with Gasteiger partial charge in [-0.25, -0.2) is 16.8 Å². The lowest BCUT2D eigenvalue weighted by Gasteiger charge is -2.13. The van der Waals surface area contributed by atoms with Gasteiger partial charge >= 0.3 is 0 Å². The quantitative estimate of drug-likeness (QED) is 0.788. The number of para-hydroxylation sites is 1. The van der Waals surface area contributed by atoms with Gasteiger partial charge in [0.25, 0.3) is 0 Å². The normalized spacial score (nSPS) is 12.0. The monoisotopic (exact) mass is 383 g/mol. The smallest absolute Gasteiger partial charge is 0.177 e. The third-order valence-electron chi connectivity index (χ3n) is 3.68. The number of anilines is 1. The Kier molecular flexibility index (Phi) is 5.74. The molecule has 1 N–H and O–H groups in total. The molecule has 25 heavy (non-hydrogen) atoms. The van der Waals surface area contributed by atoms with Gasteiger partial charge in [0.2, 0.25) is 0 Å². The van der Waals surface area contributed by atoms with Crippen LogP contribution in [0, 0.1) is 0 Å². The average molecular weight is 383 g/mol. The van der Waals surface area contributed by atoms with E-state index in [1.807, 2.05) is 24.3 Å². The van der Waals surface area contributed by atoms with Crippen LogP contribution in [0.4, 0.5) is 5.69 Å². The number of rotatable bonds is 7. The van der Waals surface area contributed by atoms with Crippen LogP contribution in [0.1, 0.15) is 5.56 Å². The topological polar surface area (TPSA) is 89.5 Å². The Morgan fingerprint density at radius 2 is 1.64 bits per heavy atom. The van der Waals surface area contributed by atoms with E-state index in [9.17, 15) is 16.8 Å². The van der Waals surface area contributed by atoms with Crippen molar-refractivity contribution < 1.29 is 21.6 Å². The molecule has 8 heteroatoms. The molecular weight excluding hydrogens is 362 g/mol. The summed E-state index contributed by atoms with van der Waals surface area (Å²) in [6, 6.07) is 11.6. The van der Waals surface area contributed by atoms with Crippen LogP contribution in [0.15, 0.2) is 52.3 Å². The van der Waals surface area contributed by atoms with E-state index >= 15 is 0 Å². The van der Waals surface area contributed by atoms with Crippen molar-refractivity contribution in [1.29, 1.82) is 0 Å². The maximum Gasteiger partial charge on any atom is 0.177 e. The number of nitrogens with one attached hydrogen (secondary N) is 1. The molecule has 0 aromatic heterocycles. The molecule has 0 saturated carbocycles. The zero-order valence-electron chi connectivity index (χ0n) is 14.3. The van der Waals surface area contributed by atoms with Gasteiger partial charge in [-0.1, -0.05) is 18.2 Å². The molecule has 0 unspecified atom stereocenters. The van der Waals surface area contributed by atoms with Gasteiger partial charge in [0.15, 0.2) is 19.7 Å². The molecule has 0 bridgehead atoms. The summed E-state index contributed by atoms with van der Waals surface area (Å²) in [6.07, 6.45) is 2.73. The largest absolute Gasteiger partial charge is 0.496 e. The molecule has 0 aliphatic rings. The lowest BCUT2D eigenvalue weighted by molar-refractivity contribution is 0.410. The summed E-state index contributed by atoms with van der Waals surface area (Å²) >= 11 is 0. The highest BCUT2D eigenvalue weighted by atomic mass is 32.2. The van der Waals surface area contributed by atoms with E-state index in [0.717, 1.165) is 23.8 Å². The van der Waals surface area contributed by atoms with Crippen LogP contribution in [-0.2, 0) is 26.1 Å². The van der Waals surface area contributed by atoms with Gasteiger partial charge in [0.1, 0.15) is 5.75 Å². The predicted octanol–water partition coefficient (Wildman–Crippen LogP) is 2.16. The van der Waals surface area contributed by atoms with Crippen molar-refractivity contribution in [1.82, 2.24) is 0 Å². The summed E-state index contributed by atoms with van der Waals surface area (Å²) in [4.78, 5) is -0.0568. The fraction of sp³-hybridized carbons (Fsp3) is 0.294. The van der Waals surface area contributed by atoms with Gasteiger partial charge in [-0.15, -0.1) is 0 Å². The molecule has 0 amide bonds. The van der Waals surface area contributed by atoms with E-state index in [0.29, 0.717) is 18.7 Å². The summed E-state index contributed by atoms with van der Waals surface area (Å²) in [5.41, 5.74) is 1.37. The molecule has 6 nitrogen and oxygen atoms in total. The lowest BCUT2D eigenvalue weighted by atomic mass is 10.1. The van der Waals surface area contributed by atoms with E-state index in [-0.39, 0.29) is 9.79 Å². The second-order valence-corrected chi connectivity index (χ2v) is 9.69. The molecule has 2 rings (SSSR count). The summed E-state index contributed by atoms with van der Waals surface area (Å²) in [7, 11) is -5.46. The van der Waals surface area contributed by atoms with E-state index in [1.165, 1.54) is 18.2 Å². The van der Waals surface area contributed by atoms with Gasteiger partial charge in [-0.05, 0) is 36.2 Å². The van der Waals surface area contributed by atoms with Gasteiger partial charge < -0.3 is 10.1 Å². The van der Waals surface area contributed by atoms with E-state index in [4.69, 9.17) is 4.74 Å². The van der Waals surface area contributed by atoms with Gasteiger partial charge in [-0.3, -0.25) is 0 Å². The molecular formula is C17H21NO5S2. The number of ether oxygens (including phenoxy) is 1. The van der Waals surface area contributed by atoms with Crippen molar-refractivity contribution in [2.75, 3.05) is 31.5 Å². The Balaban J connectivity index is 2.25. The lowest BCUT2D eigenvalue weighted by Crippen LogP contribution is -2.11. The second-order valence-electron chi connectivity index (χ2n) is 5.69. The van der Waals surface area contributed by atoms with Gasteiger partial charge in [0.05, 0.1) is 22.6 Å². The third kappa shape index (κ3) is 4.96. The summed E-state index contributed by atoms with van der Waals surface area (Å²) in [5, 5.41) is 3.07. The highest BCUT2D eigenvalue weighted by Gasteiger charge is 2.17. The Labute approximate surface area is 148 Å². The molecule has 0 aliphatic carbocycles. The first-order valence-electron chi connectivity index (χ1n) is 7.53. The van der Waals surface area contributed by atoms with Crippen LogP contribution < -0.4 is 10.1 Å². The van der Waals surface area contributed by atoms with Crippen LogP contribution in [0.2, 0.25) is 0 Å². The highest BCUT2D eigenvalue weighted by Crippen LogP contribution is 2.25. The van der Waals surface area contributed by atoms with Crippen molar-refractivity contribution in [2.24, 2.45) is 0 Å². The van der Waals surface area contributed by atoms with Crippen LogP contribution in [0.3, 0.4) is 0 Å². The molecule has 0 fully saturated rings. The first-order valence-corrected chi connectivity index (χ1v) is 11.3. The van der Waals surface area contributed by atoms with Crippen LogP contribution >= 0.6 is 0 Å². The van der Waals surface area contributed by atoms with Gasteiger partial charge in [0, 0.05) is 19.1 Å². The molecule has 0 spiro atoms. The van der Waals surface area contributed by atoms with Gasteiger partial charge in [-0.2, -0.15) is 0 Å². The zero-order valence-corrected chi connectivity index (χ0v) is 15.9. The number of benzene rings is 2. The number of hydrogen-bond acceptors (Lipinski definition) is 6. The fourth-order valence-electron chi connectivity index (χ4n) is 2.43. The summed E-state index contributed by atoms with van der Waals surface area (Å²) in [6.45, 7) is 0.473. The maximum atomic E-state index is 12.0. The van der Waals surface area contributed by atoms with E-state index in [1.54, 1.807) is 7.11 Å². The Morgan fingerprint density at radius 1 is 0.960 bits per heavy atom. The van der Waals surface area contributed by atoms with Crippen molar-refractivity contribution in [3.63, 3.8) is 0 Å². The second kappa shape index (κ2) is 7.45. The standard InChI is InChI=1S/C17H21NO5S2/c1-23-16-7-5-4-6-13(16)10-11-18-15-9-8-14(24(2,19)20)12-17(15)25(3,21)22/h4-9,12,18H,10-11H2,1-3H3. The zero-order chi connectivity index (χ0) is 18.7. The average Bonchev–Trinajstić information content (AvgIpc) is 2.53. The first kappa shape index (κ1) is 19.3. The summed E-state index contributed by atoms with van der Waals surface area (Å²) < 4.78 is 52.6. The number of methoxy groups -OCH3 is 1. The Morgan fingerprint density at radius 3 is 2.24 bits per heavy atom. The minimum atomic E-state index is -3.58. The van der Waals surface area contributed by atoms with Crippen LogP contribution in [0.5, 0.6) is 5.75 Å². The molecule has 2 aromatic carbocycles. The van der Waals surface area contributed by atoms with Crippen LogP contribution in [0.25, 0.3) is 0 Å². The molecule has 136 valence electrons. The van der Waals surface area contributed by atoms with E-state index < -0.39 is 19.7 Å². The molecule has 0 saturated heterocycles. The minimum Gasteiger partial charge on any atom is -0.496 e. The predicted molar refractivity (Wildman–Crippen MR) is 97.8 cm³/mol. The van der Waals surface area contributed by atoms with E-state index in [2.05, 4.69) is 5.32 Å². The first-order chi connectivity index (χ1) is 11.6. The molecule has 2 aromatic rings. The third-order valence-corrected chi connectivity index (χ3v) is 5.93. The van der Waals surface area contributed by atoms with Crippen molar-refractivity contribution in [3.8, 4) is 5.75 Å². The summed E-state index contributed by atoms with van der Waals surface area (Å²) in [5.74, 6) is 0.764.